The molecule has 2 aromatic carbocycles. The number of H-pyrrole nitrogens is 1. The number of benzene rings is 2. The zero-order chi connectivity index (χ0) is 20.8. The molecule has 4 N–H and O–H groups in total. The number of carbonyl (C=O) groups excluding carboxylic acids is 3. The molecule has 0 fully saturated rings. The number of ether oxygens (including phenoxy) is 1. The zero-order valence-electron chi connectivity index (χ0n) is 15.7. The van der Waals surface area contributed by atoms with E-state index in [0.29, 0.717) is 22.4 Å². The van der Waals surface area contributed by atoms with Crippen molar-refractivity contribution in [2.75, 3.05) is 13.2 Å². The summed E-state index contributed by atoms with van der Waals surface area (Å²) in [6.45, 7) is 1.75. The fourth-order valence-corrected chi connectivity index (χ4v) is 2.91. The second kappa shape index (κ2) is 8.76. The van der Waals surface area contributed by atoms with Gasteiger partial charge in [-0.25, -0.2) is 0 Å². The molecule has 3 aromatic rings. The van der Waals surface area contributed by atoms with E-state index >= 15 is 0 Å². The standard InChI is InChI=1S/C22H19N3O4/c1-14-19(15-8-2-4-10-17(15)25-14)20(26)22(28)24-12-6-7-13-29-18-11-5-3-9-16(18)21(23)27/h2-5,8-11,25H,12-13H2,1H3,(H2,23,27)(H,24,28). The molecule has 0 radical (unpaired) electrons. The van der Waals surface area contributed by atoms with E-state index in [-0.39, 0.29) is 18.7 Å². The Kier molecular flexibility index (Phi) is 5.95. The smallest absolute Gasteiger partial charge is 0.293 e. The van der Waals surface area contributed by atoms with Crippen LogP contribution in [0.5, 0.6) is 5.75 Å². The van der Waals surface area contributed by atoms with Crippen LogP contribution < -0.4 is 15.8 Å². The SMILES string of the molecule is Cc1[nH]c2ccccc2c1C(=O)C(=O)NCC#CCOc1ccccc1C(N)=O. The van der Waals surface area contributed by atoms with Crippen molar-refractivity contribution in [2.24, 2.45) is 5.73 Å². The molecule has 0 saturated heterocycles. The minimum absolute atomic E-state index is 0.00714. The average molecular weight is 389 g/mol. The van der Waals surface area contributed by atoms with Crippen LogP contribution in [-0.4, -0.2) is 35.7 Å². The van der Waals surface area contributed by atoms with Crippen LogP contribution in [0.3, 0.4) is 0 Å². The van der Waals surface area contributed by atoms with E-state index in [1.54, 1.807) is 37.3 Å². The molecule has 7 heteroatoms. The van der Waals surface area contributed by atoms with Crippen molar-refractivity contribution >= 4 is 28.5 Å². The van der Waals surface area contributed by atoms with Crippen LogP contribution in [0.25, 0.3) is 10.9 Å². The molecule has 0 aliphatic carbocycles. The molecule has 2 amide bonds. The van der Waals surface area contributed by atoms with Crippen LogP contribution in [0.4, 0.5) is 0 Å². The molecular weight excluding hydrogens is 370 g/mol. The van der Waals surface area contributed by atoms with Crippen LogP contribution in [0, 0.1) is 18.8 Å². The molecule has 3 rings (SSSR count). The number of ketones is 1. The Bertz CT molecular complexity index is 1150. The summed E-state index contributed by atoms with van der Waals surface area (Å²) in [5, 5.41) is 3.19. The van der Waals surface area contributed by atoms with E-state index in [1.807, 2.05) is 18.2 Å². The monoisotopic (exact) mass is 389 g/mol. The third-order valence-corrected chi connectivity index (χ3v) is 4.24. The molecule has 0 unspecified atom stereocenters. The van der Waals surface area contributed by atoms with Crippen molar-refractivity contribution in [3.8, 4) is 17.6 Å². The van der Waals surface area contributed by atoms with Gasteiger partial charge in [0.2, 0.25) is 0 Å². The summed E-state index contributed by atoms with van der Waals surface area (Å²) < 4.78 is 5.42. The van der Waals surface area contributed by atoms with E-state index in [2.05, 4.69) is 22.1 Å². The maximum Gasteiger partial charge on any atom is 0.293 e. The van der Waals surface area contributed by atoms with Crippen LogP contribution in [0.2, 0.25) is 0 Å². The van der Waals surface area contributed by atoms with Crippen molar-refractivity contribution in [1.82, 2.24) is 10.3 Å². The summed E-state index contributed by atoms with van der Waals surface area (Å²) in [5.74, 6) is 3.82. The molecule has 0 spiro atoms. The summed E-state index contributed by atoms with van der Waals surface area (Å²) in [5.41, 5.74) is 7.34. The Morgan fingerprint density at radius 1 is 1.07 bits per heavy atom. The number of para-hydroxylation sites is 2. The zero-order valence-corrected chi connectivity index (χ0v) is 15.7. The van der Waals surface area contributed by atoms with Gasteiger partial charge in [0.05, 0.1) is 17.7 Å². The van der Waals surface area contributed by atoms with Gasteiger partial charge in [0, 0.05) is 16.6 Å². The number of hydrogen-bond acceptors (Lipinski definition) is 4. The van der Waals surface area contributed by atoms with E-state index in [9.17, 15) is 14.4 Å². The Hall–Kier alpha value is -4.05. The molecule has 1 heterocycles. The number of aryl methyl sites for hydroxylation is 1. The third kappa shape index (κ3) is 4.45. The molecular formula is C22H19N3O4. The predicted molar refractivity (Wildman–Crippen MR) is 109 cm³/mol. The molecule has 7 nitrogen and oxygen atoms in total. The Labute approximate surface area is 167 Å². The van der Waals surface area contributed by atoms with Gasteiger partial charge in [0.15, 0.2) is 0 Å². The lowest BCUT2D eigenvalue weighted by Crippen LogP contribution is -2.31. The van der Waals surface area contributed by atoms with E-state index in [4.69, 9.17) is 10.5 Å². The molecule has 0 aliphatic heterocycles. The van der Waals surface area contributed by atoms with Crippen molar-refractivity contribution in [3.05, 3.63) is 65.4 Å². The summed E-state index contributed by atoms with van der Waals surface area (Å²) in [7, 11) is 0. The quantitative estimate of drug-likeness (QED) is 0.340. The number of nitrogens with one attached hydrogen (secondary N) is 2. The van der Waals surface area contributed by atoms with Crippen LogP contribution in [0.1, 0.15) is 26.4 Å². The fraction of sp³-hybridized carbons (Fsp3) is 0.136. The lowest BCUT2D eigenvalue weighted by molar-refractivity contribution is -0.116. The Morgan fingerprint density at radius 3 is 2.59 bits per heavy atom. The number of amides is 2. The number of aromatic amines is 1. The molecule has 0 atom stereocenters. The Morgan fingerprint density at radius 2 is 1.79 bits per heavy atom. The topological polar surface area (TPSA) is 114 Å². The second-order valence-corrected chi connectivity index (χ2v) is 6.19. The normalized spacial score (nSPS) is 10.1. The van der Waals surface area contributed by atoms with Gasteiger partial charge in [-0.1, -0.05) is 42.2 Å². The number of Topliss-reactive ketones (excluding diaryl/α,β-unsaturated/α-hetero) is 1. The number of hydrogen-bond donors (Lipinski definition) is 3. The van der Waals surface area contributed by atoms with Crippen molar-refractivity contribution in [3.63, 3.8) is 0 Å². The number of aromatic nitrogens is 1. The van der Waals surface area contributed by atoms with E-state index in [1.165, 1.54) is 0 Å². The molecule has 146 valence electrons. The molecule has 0 bridgehead atoms. The fourth-order valence-electron chi connectivity index (χ4n) is 2.91. The lowest BCUT2D eigenvalue weighted by Gasteiger charge is -2.05. The first-order chi connectivity index (χ1) is 14.0. The third-order valence-electron chi connectivity index (χ3n) is 4.24. The minimum atomic E-state index is -0.729. The van der Waals surface area contributed by atoms with Crippen molar-refractivity contribution in [2.45, 2.75) is 6.92 Å². The largest absolute Gasteiger partial charge is 0.480 e. The predicted octanol–water partition coefficient (Wildman–Crippen LogP) is 1.96. The minimum Gasteiger partial charge on any atom is -0.480 e. The van der Waals surface area contributed by atoms with Crippen LogP contribution in [-0.2, 0) is 4.79 Å². The highest BCUT2D eigenvalue weighted by molar-refractivity contribution is 6.45. The van der Waals surface area contributed by atoms with Crippen LogP contribution in [0.15, 0.2) is 48.5 Å². The Balaban J connectivity index is 1.55. The highest BCUT2D eigenvalue weighted by atomic mass is 16.5. The average Bonchev–Trinajstić information content (AvgIpc) is 3.05. The van der Waals surface area contributed by atoms with Gasteiger partial charge in [-0.2, -0.15) is 0 Å². The highest BCUT2D eigenvalue weighted by Crippen LogP contribution is 2.22. The number of primary amides is 1. The number of fused-ring (bicyclic) bond motifs is 1. The highest BCUT2D eigenvalue weighted by Gasteiger charge is 2.21. The van der Waals surface area contributed by atoms with Gasteiger partial charge in [0.1, 0.15) is 12.4 Å². The second-order valence-electron chi connectivity index (χ2n) is 6.19. The maximum absolute atomic E-state index is 12.5. The molecule has 0 saturated carbocycles. The van der Waals surface area contributed by atoms with Crippen molar-refractivity contribution in [1.29, 1.82) is 0 Å². The summed E-state index contributed by atoms with van der Waals surface area (Å²) in [4.78, 5) is 39.1. The number of rotatable bonds is 6. The van der Waals surface area contributed by atoms with Gasteiger partial charge in [-0.05, 0) is 25.1 Å². The van der Waals surface area contributed by atoms with Gasteiger partial charge < -0.3 is 20.8 Å². The molecule has 1 aromatic heterocycles. The summed E-state index contributed by atoms with van der Waals surface area (Å²) >= 11 is 0. The van der Waals surface area contributed by atoms with E-state index < -0.39 is 17.6 Å². The van der Waals surface area contributed by atoms with Crippen molar-refractivity contribution < 1.29 is 19.1 Å². The van der Waals surface area contributed by atoms with Crippen LogP contribution >= 0.6 is 0 Å². The lowest BCUT2D eigenvalue weighted by atomic mass is 10.1. The number of carbonyl (C=O) groups is 3. The molecule has 29 heavy (non-hydrogen) atoms. The van der Waals surface area contributed by atoms with Gasteiger partial charge >= 0.3 is 0 Å². The van der Waals surface area contributed by atoms with Gasteiger partial charge in [-0.15, -0.1) is 0 Å². The maximum atomic E-state index is 12.5. The molecule has 0 aliphatic rings. The van der Waals surface area contributed by atoms with Gasteiger partial charge in [0.25, 0.3) is 17.6 Å². The first kappa shape index (κ1) is 19.7. The van der Waals surface area contributed by atoms with E-state index in [0.717, 1.165) is 5.52 Å². The summed E-state index contributed by atoms with van der Waals surface area (Å²) in [6, 6.07) is 13.9. The summed E-state index contributed by atoms with van der Waals surface area (Å²) in [6.07, 6.45) is 0. The first-order valence-electron chi connectivity index (χ1n) is 8.86. The number of nitrogens with two attached hydrogens (primary N) is 1. The van der Waals surface area contributed by atoms with Gasteiger partial charge in [-0.3, -0.25) is 14.4 Å². The first-order valence-corrected chi connectivity index (χ1v) is 8.86.